The molecule has 29 heteroatoms. The zero-order valence-electron chi connectivity index (χ0n) is 26.6. The summed E-state index contributed by atoms with van der Waals surface area (Å²) in [5, 5.41) is 26.1. The summed E-state index contributed by atoms with van der Waals surface area (Å²) in [5.74, 6) is -1.20. The zero-order chi connectivity index (χ0) is 38.2. The van der Waals surface area contributed by atoms with Crippen molar-refractivity contribution in [3.8, 4) is 0 Å². The molecule has 3 heterocycles. The minimum Gasteiger partial charge on any atom is -0.394 e. The number of fused-ring (bicyclic) bond motifs is 1. The van der Waals surface area contributed by atoms with Crippen molar-refractivity contribution in [1.29, 1.82) is 0 Å². The number of carbonyl (C=O) groups excluding carboxylic acids is 3. The zero-order valence-corrected chi connectivity index (χ0v) is 30.1. The molecule has 0 saturated carbocycles. The van der Waals surface area contributed by atoms with E-state index in [1.807, 2.05) is 0 Å². The maximum atomic E-state index is 12.6. The number of nitrogens with one attached hydrogen (secondary N) is 2. The van der Waals surface area contributed by atoms with Crippen molar-refractivity contribution < 1.29 is 84.7 Å². The molecule has 1 aliphatic heterocycles. The number of aliphatic hydroxyl groups is 2. The van der Waals surface area contributed by atoms with Crippen LogP contribution in [0.2, 0.25) is 0 Å². The van der Waals surface area contributed by atoms with Crippen LogP contribution in [-0.4, -0.2) is 124 Å². The first-order valence-corrected chi connectivity index (χ1v) is 19.7. The largest absolute Gasteiger partial charge is 0.481 e. The second kappa shape index (κ2) is 17.9. The number of phosphoric ester groups is 3. The fourth-order valence-corrected chi connectivity index (χ4v) is 7.41. The van der Waals surface area contributed by atoms with Crippen LogP contribution in [0.15, 0.2) is 12.7 Å². The van der Waals surface area contributed by atoms with Gasteiger partial charge in [0, 0.05) is 30.7 Å². The highest BCUT2D eigenvalue weighted by Crippen LogP contribution is 2.61. The van der Waals surface area contributed by atoms with Crippen molar-refractivity contribution in [2.75, 3.05) is 37.8 Å². The Morgan fingerprint density at radius 2 is 1.80 bits per heavy atom. The number of carbonyl (C=O) groups is 3. The molecule has 1 fully saturated rings. The molecule has 25 nitrogen and oxygen atoms in total. The monoisotopic (exact) mass is 811 g/mol. The molecule has 0 aromatic carbocycles. The lowest BCUT2D eigenvalue weighted by atomic mass is 9.87. The van der Waals surface area contributed by atoms with Crippen molar-refractivity contribution in [3.05, 3.63) is 12.7 Å². The van der Waals surface area contributed by atoms with Crippen LogP contribution in [0.4, 0.5) is 5.82 Å². The van der Waals surface area contributed by atoms with Gasteiger partial charge in [-0.1, -0.05) is 13.8 Å². The summed E-state index contributed by atoms with van der Waals surface area (Å²) in [4.78, 5) is 85.0. The SMILES string of the molecule is CC(C)(COP(=O)(O)OP(=O)(O)OC[C@H]1O[C@@H](n2cnc3c(N)ncnc32)[C@H](O)[C@@H]1OP(=O)(O)O)[C@@H](O)C(=O)NCCC(=O)NCCSOC=O. The van der Waals surface area contributed by atoms with Crippen molar-refractivity contribution >= 4 is 70.8 Å². The number of nitrogens with zero attached hydrogens (tertiary/aromatic N) is 4. The highest BCUT2D eigenvalue weighted by molar-refractivity contribution is 7.95. The average Bonchev–Trinajstić information content (AvgIpc) is 3.58. The summed E-state index contributed by atoms with van der Waals surface area (Å²) in [6.07, 6.45) is -6.93. The summed E-state index contributed by atoms with van der Waals surface area (Å²) >= 11 is 0.818. The van der Waals surface area contributed by atoms with Crippen LogP contribution in [-0.2, 0) is 54.9 Å². The van der Waals surface area contributed by atoms with Crippen molar-refractivity contribution in [3.63, 3.8) is 0 Å². The molecular formula is C22H36N7O18P3S. The molecule has 2 aromatic rings. The van der Waals surface area contributed by atoms with E-state index in [-0.39, 0.29) is 48.7 Å². The molecule has 51 heavy (non-hydrogen) atoms. The fraction of sp³-hybridized carbons (Fsp3) is 0.636. The number of nitrogen functional groups attached to an aromatic ring is 1. The predicted molar refractivity (Wildman–Crippen MR) is 169 cm³/mol. The molecule has 2 unspecified atom stereocenters. The molecular weight excluding hydrogens is 775 g/mol. The van der Waals surface area contributed by atoms with Gasteiger partial charge in [0.25, 0.3) is 0 Å². The highest BCUT2D eigenvalue weighted by atomic mass is 32.2. The number of rotatable bonds is 21. The number of hydrogen-bond acceptors (Lipinski definition) is 19. The highest BCUT2D eigenvalue weighted by Gasteiger charge is 2.50. The average molecular weight is 812 g/mol. The van der Waals surface area contributed by atoms with Gasteiger partial charge in [-0.05, 0) is 0 Å². The molecule has 2 amide bonds. The molecule has 0 bridgehead atoms. The first-order valence-electron chi connectivity index (χ1n) is 14.3. The second-order valence-electron chi connectivity index (χ2n) is 11.1. The first-order chi connectivity index (χ1) is 23.7. The lowest BCUT2D eigenvalue weighted by Crippen LogP contribution is -2.46. The summed E-state index contributed by atoms with van der Waals surface area (Å²) < 4.78 is 66.2. The normalized spacial score (nSPS) is 22.5. The molecule has 0 spiro atoms. The molecule has 288 valence electrons. The predicted octanol–water partition coefficient (Wildman–Crippen LogP) is -1.77. The third-order valence-corrected chi connectivity index (χ3v) is 10.4. The van der Waals surface area contributed by atoms with Gasteiger partial charge in [0.15, 0.2) is 17.7 Å². The van der Waals surface area contributed by atoms with Gasteiger partial charge in [-0.3, -0.25) is 32.5 Å². The number of ether oxygens (including phenoxy) is 1. The molecule has 0 radical (unpaired) electrons. The Morgan fingerprint density at radius 1 is 1.12 bits per heavy atom. The Balaban J connectivity index is 1.55. The van der Waals surface area contributed by atoms with Crippen LogP contribution in [0, 0.1) is 5.41 Å². The standard InChI is InChI=1S/C22H36N7O18P3S/c1-22(2,17(33)20(34)25-4-3-13(31)24-5-6-51-44-11-30)8-43-50(40,41)47-49(38,39)42-7-12-16(46-48(35,36)37)15(32)21(45-12)29-10-28-14-18(23)26-9-27-19(14)29/h9-12,15-17,21,32-33H,3-8H2,1-2H3,(H,24,31)(H,25,34)(H,38,39)(H,40,41)(H2,23,26,27)(H2,35,36,37)/t12-,15-,16-,17+,21-/m1/s1. The van der Waals surface area contributed by atoms with Crippen LogP contribution >= 0.6 is 35.5 Å². The summed E-state index contributed by atoms with van der Waals surface area (Å²) in [7, 11) is -16.4. The number of phosphoric acid groups is 3. The van der Waals surface area contributed by atoms with Gasteiger partial charge >= 0.3 is 29.9 Å². The second-order valence-corrected chi connectivity index (χ2v) is 16.2. The van der Waals surface area contributed by atoms with Gasteiger partial charge in [0.2, 0.25) is 11.8 Å². The number of imidazole rings is 1. The third kappa shape index (κ3) is 12.8. The minimum absolute atomic E-state index is 0.0284. The van der Waals surface area contributed by atoms with E-state index in [1.54, 1.807) is 0 Å². The Labute approximate surface area is 292 Å². The summed E-state index contributed by atoms with van der Waals surface area (Å²) in [6, 6.07) is 0. The van der Waals surface area contributed by atoms with Crippen LogP contribution in [0.5, 0.6) is 0 Å². The van der Waals surface area contributed by atoms with E-state index in [2.05, 4.69) is 38.6 Å². The number of hydrogen-bond donors (Lipinski definition) is 9. The minimum atomic E-state index is -5.56. The van der Waals surface area contributed by atoms with Crippen molar-refractivity contribution in [2.24, 2.45) is 5.41 Å². The number of amides is 2. The van der Waals surface area contributed by atoms with Crippen molar-refractivity contribution in [1.82, 2.24) is 30.2 Å². The van der Waals surface area contributed by atoms with Gasteiger partial charge in [0.05, 0.1) is 31.6 Å². The molecule has 3 rings (SSSR count). The van der Waals surface area contributed by atoms with Crippen LogP contribution in [0.3, 0.4) is 0 Å². The molecule has 1 aliphatic rings. The quantitative estimate of drug-likeness (QED) is 0.0291. The Bertz CT molecular complexity index is 1680. The van der Waals surface area contributed by atoms with E-state index in [9.17, 15) is 57.9 Å². The van der Waals surface area contributed by atoms with Gasteiger partial charge in [-0.15, -0.1) is 0 Å². The first kappa shape index (κ1) is 42.8. The van der Waals surface area contributed by atoms with Gasteiger partial charge < -0.3 is 55.1 Å². The van der Waals surface area contributed by atoms with Gasteiger partial charge in [0.1, 0.15) is 36.3 Å². The van der Waals surface area contributed by atoms with Crippen LogP contribution in [0.25, 0.3) is 11.2 Å². The molecule has 1 saturated heterocycles. The van der Waals surface area contributed by atoms with E-state index in [1.165, 1.54) is 13.8 Å². The summed E-state index contributed by atoms with van der Waals surface area (Å²) in [5.41, 5.74) is 4.25. The molecule has 0 aliphatic carbocycles. The lowest BCUT2D eigenvalue weighted by Gasteiger charge is -2.30. The maximum absolute atomic E-state index is 12.6. The molecule has 10 N–H and O–H groups in total. The summed E-state index contributed by atoms with van der Waals surface area (Å²) in [6.45, 7) is 0.659. The van der Waals surface area contributed by atoms with Gasteiger partial charge in [-0.25, -0.2) is 28.6 Å². The Kier molecular flexibility index (Phi) is 15.0. The lowest BCUT2D eigenvalue weighted by molar-refractivity contribution is -0.137. The molecule has 2 aromatic heterocycles. The van der Waals surface area contributed by atoms with Crippen LogP contribution in [0.1, 0.15) is 26.5 Å². The topological polar surface area (TPSA) is 373 Å². The van der Waals surface area contributed by atoms with Gasteiger partial charge in [-0.2, -0.15) is 4.31 Å². The van der Waals surface area contributed by atoms with E-state index in [0.717, 1.165) is 29.3 Å². The number of anilines is 1. The number of aromatic nitrogens is 4. The van der Waals surface area contributed by atoms with E-state index in [4.69, 9.17) is 19.5 Å². The maximum Gasteiger partial charge on any atom is 0.481 e. The Morgan fingerprint density at radius 3 is 2.47 bits per heavy atom. The van der Waals surface area contributed by atoms with E-state index >= 15 is 0 Å². The smallest absolute Gasteiger partial charge is 0.394 e. The van der Waals surface area contributed by atoms with Crippen LogP contribution < -0.4 is 16.4 Å². The Hall–Kier alpha value is -2.64. The van der Waals surface area contributed by atoms with E-state index < -0.39 is 84.6 Å². The molecule has 7 atom stereocenters. The fourth-order valence-electron chi connectivity index (χ4n) is 4.25. The third-order valence-electron chi connectivity index (χ3n) is 6.69. The number of nitrogens with two attached hydrogens (primary N) is 1. The van der Waals surface area contributed by atoms with E-state index in [0.29, 0.717) is 0 Å². The van der Waals surface area contributed by atoms with Crippen molar-refractivity contribution in [2.45, 2.75) is 50.9 Å². The number of aliphatic hydroxyl groups excluding tert-OH is 2.